The van der Waals surface area contributed by atoms with Gasteiger partial charge >= 0.3 is 12.4 Å². The highest BCUT2D eigenvalue weighted by Gasteiger charge is 2.30. The van der Waals surface area contributed by atoms with Crippen LogP contribution >= 0.6 is 0 Å². The third-order valence-electron chi connectivity index (χ3n) is 6.31. The molecule has 4 aromatic carbocycles. The summed E-state index contributed by atoms with van der Waals surface area (Å²) in [5.41, 5.74) is 5.47. The maximum Gasteiger partial charge on any atom is 0.416 e. The Balaban J connectivity index is 1.33. The summed E-state index contributed by atoms with van der Waals surface area (Å²) in [6.45, 7) is 0. The van der Waals surface area contributed by atoms with E-state index in [9.17, 15) is 26.3 Å². The van der Waals surface area contributed by atoms with Crippen molar-refractivity contribution >= 4 is 11.1 Å². The number of allylic oxidation sites excluding steroid dienone is 4. The molecule has 0 fully saturated rings. The molecular formula is C31H19F6. The molecule has 0 unspecified atom stereocenters. The van der Waals surface area contributed by atoms with Crippen LogP contribution in [0.15, 0.2) is 103 Å². The molecule has 1 aliphatic rings. The smallest absolute Gasteiger partial charge is 0.166 e. The first-order valence-electron chi connectivity index (χ1n) is 11.5. The molecule has 5 rings (SSSR count). The van der Waals surface area contributed by atoms with Gasteiger partial charge in [-0.05, 0) is 81.3 Å². The molecule has 0 spiro atoms. The molecule has 37 heavy (non-hydrogen) atoms. The summed E-state index contributed by atoms with van der Waals surface area (Å²) < 4.78 is 77.0. The van der Waals surface area contributed by atoms with E-state index in [2.05, 4.69) is 12.2 Å². The second kappa shape index (κ2) is 9.43. The molecule has 6 heteroatoms. The highest BCUT2D eigenvalue weighted by atomic mass is 19.4. The number of hydrogen-bond acceptors (Lipinski definition) is 0. The summed E-state index contributed by atoms with van der Waals surface area (Å²) in [7, 11) is 0. The van der Waals surface area contributed by atoms with Crippen LogP contribution in [-0.4, -0.2) is 0 Å². The molecule has 1 radical (unpaired) electrons. The minimum Gasteiger partial charge on any atom is -0.166 e. The van der Waals surface area contributed by atoms with Gasteiger partial charge in [-0.2, -0.15) is 26.3 Å². The summed E-state index contributed by atoms with van der Waals surface area (Å²) in [4.78, 5) is 0. The van der Waals surface area contributed by atoms with Crippen molar-refractivity contribution in [2.75, 3.05) is 0 Å². The summed E-state index contributed by atoms with van der Waals surface area (Å²) in [5, 5.41) is 0. The predicted molar refractivity (Wildman–Crippen MR) is 133 cm³/mol. The fraction of sp³-hybridized carbons (Fsp3) is 0.0968. The van der Waals surface area contributed by atoms with Crippen LogP contribution in [0.1, 0.15) is 28.7 Å². The molecule has 0 heterocycles. The van der Waals surface area contributed by atoms with Crippen LogP contribution in [0, 0.1) is 6.08 Å². The highest BCUT2D eigenvalue weighted by Crippen LogP contribution is 2.38. The minimum atomic E-state index is -4.37. The molecule has 4 aromatic rings. The molecule has 0 aromatic heterocycles. The lowest BCUT2D eigenvalue weighted by Gasteiger charge is -2.12. The predicted octanol–water partition coefficient (Wildman–Crippen LogP) is 9.73. The van der Waals surface area contributed by atoms with Crippen molar-refractivity contribution in [1.29, 1.82) is 0 Å². The number of benzene rings is 4. The minimum absolute atomic E-state index is 0.645. The molecule has 0 nitrogen and oxygen atoms in total. The Bertz CT molecular complexity index is 1340. The molecule has 0 saturated carbocycles. The second-order valence-corrected chi connectivity index (χ2v) is 8.68. The second-order valence-electron chi connectivity index (χ2n) is 8.68. The Morgan fingerprint density at radius 3 is 1.14 bits per heavy atom. The molecular weight excluding hydrogens is 486 g/mol. The van der Waals surface area contributed by atoms with E-state index in [-0.39, 0.29) is 0 Å². The Labute approximate surface area is 210 Å². The van der Waals surface area contributed by atoms with Gasteiger partial charge < -0.3 is 0 Å². The van der Waals surface area contributed by atoms with Gasteiger partial charge in [0.15, 0.2) is 0 Å². The van der Waals surface area contributed by atoms with Gasteiger partial charge in [-0.25, -0.2) is 0 Å². The molecule has 0 aliphatic heterocycles. The molecule has 0 atom stereocenters. The lowest BCUT2D eigenvalue weighted by atomic mass is 9.92. The average Bonchev–Trinajstić information content (AvgIpc) is 3.38. The molecule has 0 bridgehead atoms. The zero-order chi connectivity index (χ0) is 26.2. The van der Waals surface area contributed by atoms with Gasteiger partial charge in [-0.1, -0.05) is 78.9 Å². The van der Waals surface area contributed by atoms with Crippen molar-refractivity contribution in [3.63, 3.8) is 0 Å². The first kappa shape index (κ1) is 24.6. The van der Waals surface area contributed by atoms with Crippen molar-refractivity contribution < 1.29 is 26.3 Å². The topological polar surface area (TPSA) is 0 Å². The number of halogens is 6. The Morgan fingerprint density at radius 1 is 0.432 bits per heavy atom. The third kappa shape index (κ3) is 5.24. The van der Waals surface area contributed by atoms with Crippen LogP contribution in [-0.2, 0) is 12.4 Å². The van der Waals surface area contributed by atoms with Crippen molar-refractivity contribution in [1.82, 2.24) is 0 Å². The lowest BCUT2D eigenvalue weighted by molar-refractivity contribution is -0.138. The van der Waals surface area contributed by atoms with Crippen molar-refractivity contribution in [3.05, 3.63) is 131 Å². The van der Waals surface area contributed by atoms with Crippen LogP contribution in [0.25, 0.3) is 33.4 Å². The van der Waals surface area contributed by atoms with Gasteiger partial charge in [0.1, 0.15) is 0 Å². The normalized spacial score (nSPS) is 13.9. The summed E-state index contributed by atoms with van der Waals surface area (Å²) in [5.74, 6) is 0. The molecule has 0 saturated heterocycles. The number of alkyl halides is 6. The van der Waals surface area contributed by atoms with E-state index < -0.39 is 23.5 Å². The monoisotopic (exact) mass is 505 g/mol. The van der Waals surface area contributed by atoms with Crippen molar-refractivity contribution in [2.45, 2.75) is 18.8 Å². The first-order chi connectivity index (χ1) is 17.6. The van der Waals surface area contributed by atoms with Crippen molar-refractivity contribution in [3.8, 4) is 22.3 Å². The van der Waals surface area contributed by atoms with E-state index in [0.717, 1.165) is 57.7 Å². The zero-order valence-electron chi connectivity index (χ0n) is 19.3. The van der Waals surface area contributed by atoms with E-state index >= 15 is 0 Å². The SMILES string of the molecule is FC(F)(F)c1ccc(-c2ccc(C3=[C]CC=C3c3ccc(-c4ccc(C(F)(F)F)cc4)cc3)cc2)cc1. The van der Waals surface area contributed by atoms with E-state index in [1.165, 1.54) is 24.3 Å². The quantitative estimate of drug-likeness (QED) is 0.242. The van der Waals surface area contributed by atoms with E-state index in [1.807, 2.05) is 48.5 Å². The van der Waals surface area contributed by atoms with Crippen LogP contribution < -0.4 is 0 Å². The number of rotatable bonds is 4. The average molecular weight is 505 g/mol. The first-order valence-corrected chi connectivity index (χ1v) is 11.5. The Morgan fingerprint density at radius 2 is 0.757 bits per heavy atom. The molecule has 1 aliphatic carbocycles. The third-order valence-corrected chi connectivity index (χ3v) is 6.31. The van der Waals surface area contributed by atoms with Crippen LogP contribution in [0.5, 0.6) is 0 Å². The maximum absolute atomic E-state index is 12.8. The van der Waals surface area contributed by atoms with Gasteiger partial charge in [0.05, 0.1) is 11.1 Å². The van der Waals surface area contributed by atoms with Gasteiger partial charge in [-0.15, -0.1) is 0 Å². The largest absolute Gasteiger partial charge is 0.416 e. The van der Waals surface area contributed by atoms with Crippen LogP contribution in [0.3, 0.4) is 0 Å². The van der Waals surface area contributed by atoms with E-state index in [1.54, 1.807) is 0 Å². The Hall–Kier alpha value is -4.06. The summed E-state index contributed by atoms with van der Waals surface area (Å²) >= 11 is 0. The Kier molecular flexibility index (Phi) is 6.28. The van der Waals surface area contributed by atoms with Crippen LogP contribution in [0.2, 0.25) is 0 Å². The summed E-state index contributed by atoms with van der Waals surface area (Å²) in [6, 6.07) is 25.4. The van der Waals surface area contributed by atoms with Gasteiger partial charge in [-0.3, -0.25) is 0 Å². The molecule has 185 valence electrons. The summed E-state index contributed by atoms with van der Waals surface area (Å²) in [6.07, 6.45) is -2.67. The van der Waals surface area contributed by atoms with Gasteiger partial charge in [0.25, 0.3) is 0 Å². The number of hydrogen-bond donors (Lipinski definition) is 0. The maximum atomic E-state index is 12.8. The lowest BCUT2D eigenvalue weighted by Crippen LogP contribution is -2.03. The molecule has 0 N–H and O–H groups in total. The van der Waals surface area contributed by atoms with Crippen LogP contribution in [0.4, 0.5) is 26.3 Å². The fourth-order valence-corrected chi connectivity index (χ4v) is 4.35. The van der Waals surface area contributed by atoms with E-state index in [4.69, 9.17) is 0 Å². The van der Waals surface area contributed by atoms with E-state index in [0.29, 0.717) is 17.5 Å². The van der Waals surface area contributed by atoms with Crippen molar-refractivity contribution in [2.24, 2.45) is 0 Å². The van der Waals surface area contributed by atoms with Gasteiger partial charge in [0, 0.05) is 0 Å². The van der Waals surface area contributed by atoms with Gasteiger partial charge in [0.2, 0.25) is 0 Å². The fourth-order valence-electron chi connectivity index (χ4n) is 4.35. The molecule has 0 amide bonds. The highest BCUT2D eigenvalue weighted by molar-refractivity contribution is 6.06. The standard InChI is InChI=1S/C31H19F6/c32-30(33,34)26-16-12-22(13-17-26)20-4-8-24(9-5-20)28-2-1-3-29(28)25-10-6-21(7-11-25)23-14-18-27(19-15-23)31(35,36)37/h2,4-19H,1H2. The zero-order valence-corrected chi connectivity index (χ0v) is 19.3.